The smallest absolute Gasteiger partial charge is 0.276 e. The molecule has 1 saturated heterocycles. The Kier molecular flexibility index (Phi) is 5.50. The van der Waals surface area contributed by atoms with E-state index < -0.39 is 0 Å². The minimum absolute atomic E-state index is 0.0731. The van der Waals surface area contributed by atoms with Crippen LogP contribution in [0.5, 0.6) is 0 Å². The van der Waals surface area contributed by atoms with Gasteiger partial charge in [-0.2, -0.15) is 0 Å². The number of nitrogens with zero attached hydrogens (tertiary/aromatic N) is 3. The predicted molar refractivity (Wildman–Crippen MR) is 95.3 cm³/mol. The molecule has 3 rings (SSSR count). The van der Waals surface area contributed by atoms with Gasteiger partial charge in [0.15, 0.2) is 11.5 Å². The molecule has 0 saturated carbocycles. The van der Waals surface area contributed by atoms with E-state index in [0.29, 0.717) is 31.2 Å². The maximum atomic E-state index is 12.8. The fourth-order valence-corrected chi connectivity index (χ4v) is 3.44. The fourth-order valence-electron chi connectivity index (χ4n) is 3.44. The number of carbonyl (C=O) groups excluding carboxylic acids is 1. The van der Waals surface area contributed by atoms with Crippen LogP contribution in [0.3, 0.4) is 0 Å². The number of aromatic nitrogens is 1. The van der Waals surface area contributed by atoms with Gasteiger partial charge in [0.1, 0.15) is 0 Å². The molecule has 0 N–H and O–H groups in total. The number of carbonyl (C=O) groups is 1. The van der Waals surface area contributed by atoms with Crippen molar-refractivity contribution in [2.24, 2.45) is 0 Å². The second-order valence-electron chi connectivity index (χ2n) is 6.58. The van der Waals surface area contributed by atoms with Crippen LogP contribution in [-0.2, 0) is 4.74 Å². The van der Waals surface area contributed by atoms with Crippen LogP contribution in [0, 0.1) is 0 Å². The van der Waals surface area contributed by atoms with E-state index in [0.717, 1.165) is 12.1 Å². The summed E-state index contributed by atoms with van der Waals surface area (Å²) in [5, 5.41) is 3.99. The summed E-state index contributed by atoms with van der Waals surface area (Å²) in [5.74, 6) is 0.541. The average molecular weight is 343 g/mol. The standard InChI is InChI=1S/C19H25N3O3/c1-14-12-21(13-15(2)22(14)9-10-24-3)19(23)17-11-18(25-20-17)16-7-5-4-6-8-16/h4-8,11,14-15H,9-10,12-13H2,1-3H3. The maximum absolute atomic E-state index is 12.8. The monoisotopic (exact) mass is 343 g/mol. The van der Waals surface area contributed by atoms with Crippen LogP contribution in [0.1, 0.15) is 24.3 Å². The van der Waals surface area contributed by atoms with Crippen LogP contribution in [0.25, 0.3) is 11.3 Å². The molecule has 25 heavy (non-hydrogen) atoms. The van der Waals surface area contributed by atoms with Crippen molar-refractivity contribution >= 4 is 5.91 Å². The Hall–Kier alpha value is -2.18. The molecule has 0 bridgehead atoms. The lowest BCUT2D eigenvalue weighted by molar-refractivity contribution is 0.0188. The highest BCUT2D eigenvalue weighted by Crippen LogP contribution is 2.22. The first-order chi connectivity index (χ1) is 12.1. The highest BCUT2D eigenvalue weighted by atomic mass is 16.5. The van der Waals surface area contributed by atoms with Gasteiger partial charge in [-0.1, -0.05) is 35.5 Å². The van der Waals surface area contributed by atoms with Gasteiger partial charge in [0.25, 0.3) is 5.91 Å². The summed E-state index contributed by atoms with van der Waals surface area (Å²) in [4.78, 5) is 17.1. The number of ether oxygens (including phenoxy) is 1. The van der Waals surface area contributed by atoms with E-state index in [-0.39, 0.29) is 18.0 Å². The number of benzene rings is 1. The Labute approximate surface area is 148 Å². The van der Waals surface area contributed by atoms with Gasteiger partial charge < -0.3 is 14.2 Å². The Bertz CT molecular complexity index is 689. The number of hydrogen-bond acceptors (Lipinski definition) is 5. The maximum Gasteiger partial charge on any atom is 0.276 e. The zero-order valence-corrected chi connectivity index (χ0v) is 15.0. The molecule has 0 aliphatic carbocycles. The second kappa shape index (κ2) is 7.80. The zero-order chi connectivity index (χ0) is 17.8. The Morgan fingerprint density at radius 3 is 2.56 bits per heavy atom. The van der Waals surface area contributed by atoms with Gasteiger partial charge in [-0.05, 0) is 13.8 Å². The van der Waals surface area contributed by atoms with Gasteiger partial charge >= 0.3 is 0 Å². The van der Waals surface area contributed by atoms with Gasteiger partial charge in [0.2, 0.25) is 0 Å². The van der Waals surface area contributed by atoms with Crippen LogP contribution in [0.15, 0.2) is 40.9 Å². The molecular weight excluding hydrogens is 318 g/mol. The number of rotatable bonds is 5. The lowest BCUT2D eigenvalue weighted by atomic mass is 10.1. The second-order valence-corrected chi connectivity index (χ2v) is 6.58. The quantitative estimate of drug-likeness (QED) is 0.835. The number of hydrogen-bond donors (Lipinski definition) is 0. The van der Waals surface area contributed by atoms with E-state index in [1.54, 1.807) is 13.2 Å². The summed E-state index contributed by atoms with van der Waals surface area (Å²) in [6.07, 6.45) is 0. The van der Waals surface area contributed by atoms with Crippen LogP contribution in [-0.4, -0.2) is 66.3 Å². The molecule has 1 aliphatic rings. The summed E-state index contributed by atoms with van der Waals surface area (Å²) in [7, 11) is 1.71. The third kappa shape index (κ3) is 3.91. The van der Waals surface area contributed by atoms with E-state index in [9.17, 15) is 4.79 Å². The first kappa shape index (κ1) is 17.6. The van der Waals surface area contributed by atoms with Gasteiger partial charge in [-0.15, -0.1) is 0 Å². The molecule has 134 valence electrons. The molecule has 2 aromatic rings. The van der Waals surface area contributed by atoms with Crippen LogP contribution in [0.2, 0.25) is 0 Å². The molecule has 0 spiro atoms. The molecule has 6 nitrogen and oxygen atoms in total. The van der Waals surface area contributed by atoms with Crippen LogP contribution in [0.4, 0.5) is 0 Å². The minimum atomic E-state index is -0.0731. The molecule has 1 aromatic heterocycles. The number of amides is 1. The highest BCUT2D eigenvalue weighted by Gasteiger charge is 2.32. The van der Waals surface area contributed by atoms with Gasteiger partial charge in [-0.25, -0.2) is 0 Å². The van der Waals surface area contributed by atoms with Gasteiger partial charge in [0.05, 0.1) is 6.61 Å². The third-order valence-electron chi connectivity index (χ3n) is 4.73. The topological polar surface area (TPSA) is 58.8 Å². The third-order valence-corrected chi connectivity index (χ3v) is 4.73. The molecule has 2 heterocycles. The van der Waals surface area contributed by atoms with Crippen molar-refractivity contribution in [3.63, 3.8) is 0 Å². The highest BCUT2D eigenvalue weighted by molar-refractivity contribution is 5.93. The lowest BCUT2D eigenvalue weighted by Crippen LogP contribution is -2.58. The average Bonchev–Trinajstić information content (AvgIpc) is 3.11. The van der Waals surface area contributed by atoms with Crippen molar-refractivity contribution in [2.75, 3.05) is 33.4 Å². The summed E-state index contributed by atoms with van der Waals surface area (Å²) in [6, 6.07) is 12.0. The van der Waals surface area contributed by atoms with E-state index in [1.807, 2.05) is 35.2 Å². The van der Waals surface area contributed by atoms with Crippen molar-refractivity contribution in [1.29, 1.82) is 0 Å². The molecule has 6 heteroatoms. The van der Waals surface area contributed by atoms with Crippen molar-refractivity contribution < 1.29 is 14.1 Å². The van der Waals surface area contributed by atoms with Crippen molar-refractivity contribution in [3.05, 3.63) is 42.1 Å². The van der Waals surface area contributed by atoms with Crippen LogP contribution >= 0.6 is 0 Å². The first-order valence-corrected chi connectivity index (χ1v) is 8.66. The summed E-state index contributed by atoms with van der Waals surface area (Å²) in [5.41, 5.74) is 1.28. The molecule has 1 amide bonds. The number of methoxy groups -OCH3 is 1. The van der Waals surface area contributed by atoms with Crippen molar-refractivity contribution in [1.82, 2.24) is 15.0 Å². The first-order valence-electron chi connectivity index (χ1n) is 8.66. The molecule has 1 fully saturated rings. The SMILES string of the molecule is COCCN1C(C)CN(C(=O)c2cc(-c3ccccc3)on2)CC1C. The summed E-state index contributed by atoms with van der Waals surface area (Å²) in [6.45, 7) is 7.23. The minimum Gasteiger partial charge on any atom is -0.383 e. The van der Waals surface area contributed by atoms with Crippen molar-refractivity contribution in [3.8, 4) is 11.3 Å². The van der Waals surface area contributed by atoms with E-state index >= 15 is 0 Å². The fraction of sp³-hybridized carbons (Fsp3) is 0.474. The van der Waals surface area contributed by atoms with Crippen LogP contribution < -0.4 is 0 Å². The molecule has 2 atom stereocenters. The van der Waals surface area contributed by atoms with Crippen molar-refractivity contribution in [2.45, 2.75) is 25.9 Å². The number of piperazine rings is 1. The van der Waals surface area contributed by atoms with Gasteiger partial charge in [-0.3, -0.25) is 9.69 Å². The van der Waals surface area contributed by atoms with E-state index in [1.165, 1.54) is 0 Å². The zero-order valence-electron chi connectivity index (χ0n) is 15.0. The summed E-state index contributed by atoms with van der Waals surface area (Å²) >= 11 is 0. The predicted octanol–water partition coefficient (Wildman–Crippen LogP) is 2.52. The largest absolute Gasteiger partial charge is 0.383 e. The molecule has 2 unspecified atom stereocenters. The Balaban J connectivity index is 1.69. The van der Waals surface area contributed by atoms with E-state index in [4.69, 9.17) is 9.26 Å². The van der Waals surface area contributed by atoms with Gasteiger partial charge in [0, 0.05) is 50.5 Å². The van der Waals surface area contributed by atoms with E-state index in [2.05, 4.69) is 23.9 Å². The Morgan fingerprint density at radius 1 is 1.24 bits per heavy atom. The molecule has 1 aromatic carbocycles. The molecule has 1 aliphatic heterocycles. The normalized spacial score (nSPS) is 21.5. The summed E-state index contributed by atoms with van der Waals surface area (Å²) < 4.78 is 10.6. The molecular formula is C19H25N3O3. The Morgan fingerprint density at radius 2 is 1.92 bits per heavy atom. The molecule has 0 radical (unpaired) electrons. The lowest BCUT2D eigenvalue weighted by Gasteiger charge is -2.44.